The van der Waals surface area contributed by atoms with Crippen molar-refractivity contribution in [2.24, 2.45) is 5.73 Å². The summed E-state index contributed by atoms with van der Waals surface area (Å²) in [5.41, 5.74) is 3.70. The van der Waals surface area contributed by atoms with E-state index in [2.05, 4.69) is 0 Å². The summed E-state index contributed by atoms with van der Waals surface area (Å²) in [6, 6.07) is -1.49. The minimum atomic E-state index is -2.36. The number of carbonyl (C=O) groups is 2. The summed E-state index contributed by atoms with van der Waals surface area (Å²) in [5.74, 6) is -13.8. The molecule has 0 spiro atoms. The van der Waals surface area contributed by atoms with Crippen LogP contribution in [-0.2, 0) is 9.59 Å². The number of carbonyl (C=O) groups excluding carboxylic acids is 1. The third-order valence-electron chi connectivity index (χ3n) is 2.46. The molecule has 0 fully saturated rings. The van der Waals surface area contributed by atoms with Gasteiger partial charge >= 0.3 is 5.97 Å². The van der Waals surface area contributed by atoms with E-state index >= 15 is 0 Å². The highest BCUT2D eigenvalue weighted by atomic mass is 19.2. The fourth-order valence-electron chi connectivity index (χ4n) is 1.34. The zero-order chi connectivity index (χ0) is 16.3. The molecule has 1 aromatic rings. The molecule has 0 aliphatic carbocycles. The highest BCUT2D eigenvalue weighted by Gasteiger charge is 2.28. The van der Waals surface area contributed by atoms with Crippen LogP contribution in [0.1, 0.15) is 12.8 Å². The number of anilines is 1. The van der Waals surface area contributed by atoms with E-state index in [9.17, 15) is 31.5 Å². The van der Waals surface area contributed by atoms with Crippen LogP contribution in [0.5, 0.6) is 0 Å². The molecule has 1 unspecified atom stereocenters. The second-order valence-electron chi connectivity index (χ2n) is 3.97. The number of nitrogens with one attached hydrogen (secondary N) is 1. The molecule has 0 bridgehead atoms. The fourth-order valence-corrected chi connectivity index (χ4v) is 1.34. The van der Waals surface area contributed by atoms with Crippen LogP contribution in [0.25, 0.3) is 0 Å². The van der Waals surface area contributed by atoms with Crippen LogP contribution >= 0.6 is 0 Å². The fraction of sp³-hybridized carbons (Fsp3) is 0.273. The second-order valence-corrected chi connectivity index (χ2v) is 3.97. The molecule has 0 saturated carbocycles. The summed E-state index contributed by atoms with van der Waals surface area (Å²) in [6.45, 7) is 0. The summed E-state index contributed by atoms with van der Waals surface area (Å²) < 4.78 is 65.1. The monoisotopic (exact) mass is 312 g/mol. The van der Waals surface area contributed by atoms with Crippen molar-refractivity contribution in [1.82, 2.24) is 0 Å². The molecular weight excluding hydrogens is 303 g/mol. The van der Waals surface area contributed by atoms with Gasteiger partial charge in [-0.05, 0) is 6.42 Å². The standard InChI is InChI=1S/C11H9F5N2O3/c12-5-6(13)8(15)10(9(16)7(5)14)18-11(21)3(17)1-2-4(19)20/h3H,1-2,17H2,(H,18,21)(H,19,20). The maximum atomic E-state index is 13.3. The Morgan fingerprint density at radius 1 is 1.00 bits per heavy atom. The molecule has 116 valence electrons. The molecule has 0 radical (unpaired) electrons. The third-order valence-corrected chi connectivity index (χ3v) is 2.46. The molecule has 1 atom stereocenters. The molecule has 0 heterocycles. The number of benzene rings is 1. The van der Waals surface area contributed by atoms with Crippen LogP contribution in [0, 0.1) is 29.1 Å². The highest BCUT2D eigenvalue weighted by Crippen LogP contribution is 2.27. The van der Waals surface area contributed by atoms with E-state index in [0.717, 1.165) is 0 Å². The van der Waals surface area contributed by atoms with Crippen molar-refractivity contribution in [2.75, 3.05) is 5.32 Å². The number of hydrogen-bond donors (Lipinski definition) is 3. The van der Waals surface area contributed by atoms with Crippen LogP contribution in [0.4, 0.5) is 27.6 Å². The first-order valence-corrected chi connectivity index (χ1v) is 5.46. The van der Waals surface area contributed by atoms with Gasteiger partial charge in [0.15, 0.2) is 23.3 Å². The minimum Gasteiger partial charge on any atom is -0.481 e. The summed E-state index contributed by atoms with van der Waals surface area (Å²) in [5, 5.41) is 9.83. The molecule has 1 aromatic carbocycles. The molecule has 0 aromatic heterocycles. The van der Waals surface area contributed by atoms with Crippen molar-refractivity contribution in [3.05, 3.63) is 29.1 Å². The van der Waals surface area contributed by atoms with Crippen LogP contribution in [0.15, 0.2) is 0 Å². The Morgan fingerprint density at radius 3 is 1.86 bits per heavy atom. The first-order valence-electron chi connectivity index (χ1n) is 5.46. The van der Waals surface area contributed by atoms with Crippen LogP contribution in [0.3, 0.4) is 0 Å². The van der Waals surface area contributed by atoms with Gasteiger partial charge in [-0.3, -0.25) is 9.59 Å². The SMILES string of the molecule is NC(CCC(=O)O)C(=O)Nc1c(F)c(F)c(F)c(F)c1F. The van der Waals surface area contributed by atoms with Gasteiger partial charge in [0, 0.05) is 6.42 Å². The molecule has 1 rings (SSSR count). The smallest absolute Gasteiger partial charge is 0.303 e. The van der Waals surface area contributed by atoms with E-state index in [1.165, 1.54) is 5.32 Å². The lowest BCUT2D eigenvalue weighted by Gasteiger charge is -2.13. The minimum absolute atomic E-state index is 0.378. The van der Waals surface area contributed by atoms with Crippen molar-refractivity contribution in [1.29, 1.82) is 0 Å². The Bertz CT molecular complexity index is 565. The highest BCUT2D eigenvalue weighted by molar-refractivity contribution is 5.95. The molecule has 1 amide bonds. The molecular formula is C11H9F5N2O3. The van der Waals surface area contributed by atoms with Gasteiger partial charge < -0.3 is 16.2 Å². The lowest BCUT2D eigenvalue weighted by atomic mass is 10.1. The number of rotatable bonds is 5. The van der Waals surface area contributed by atoms with E-state index in [1.54, 1.807) is 0 Å². The number of amides is 1. The van der Waals surface area contributed by atoms with E-state index < -0.39 is 59.1 Å². The molecule has 10 heteroatoms. The number of hydrogen-bond acceptors (Lipinski definition) is 3. The predicted octanol–water partition coefficient (Wildman–Crippen LogP) is 1.51. The molecule has 5 nitrogen and oxygen atoms in total. The Labute approximate surface area is 114 Å². The lowest BCUT2D eigenvalue weighted by molar-refractivity contribution is -0.137. The number of carboxylic acid groups (broad SMARTS) is 1. The average Bonchev–Trinajstić information content (AvgIpc) is 2.44. The quantitative estimate of drug-likeness (QED) is 0.436. The lowest BCUT2D eigenvalue weighted by Crippen LogP contribution is -2.36. The van der Waals surface area contributed by atoms with Gasteiger partial charge in [0.1, 0.15) is 5.69 Å². The largest absolute Gasteiger partial charge is 0.481 e. The summed E-state index contributed by atoms with van der Waals surface area (Å²) in [7, 11) is 0. The normalized spacial score (nSPS) is 12.1. The van der Waals surface area contributed by atoms with E-state index in [1.807, 2.05) is 0 Å². The zero-order valence-electron chi connectivity index (χ0n) is 10.2. The molecule has 0 saturated heterocycles. The number of nitrogens with two attached hydrogens (primary N) is 1. The molecule has 0 aliphatic rings. The van der Waals surface area contributed by atoms with Crippen molar-refractivity contribution in [3.63, 3.8) is 0 Å². The first kappa shape index (κ1) is 16.8. The van der Waals surface area contributed by atoms with E-state index in [4.69, 9.17) is 10.8 Å². The van der Waals surface area contributed by atoms with Crippen molar-refractivity contribution >= 4 is 17.6 Å². The van der Waals surface area contributed by atoms with Crippen molar-refractivity contribution in [2.45, 2.75) is 18.9 Å². The number of aliphatic carboxylic acids is 1. The number of carboxylic acids is 1. The van der Waals surface area contributed by atoms with Gasteiger partial charge in [-0.15, -0.1) is 0 Å². The zero-order valence-corrected chi connectivity index (χ0v) is 10.2. The Hall–Kier alpha value is -2.23. The van der Waals surface area contributed by atoms with Crippen molar-refractivity contribution in [3.8, 4) is 0 Å². The predicted molar refractivity (Wildman–Crippen MR) is 59.7 cm³/mol. The maximum Gasteiger partial charge on any atom is 0.303 e. The van der Waals surface area contributed by atoms with E-state index in [0.29, 0.717) is 0 Å². The second kappa shape index (κ2) is 6.48. The molecule has 21 heavy (non-hydrogen) atoms. The summed E-state index contributed by atoms with van der Waals surface area (Å²) >= 11 is 0. The van der Waals surface area contributed by atoms with Crippen LogP contribution in [0.2, 0.25) is 0 Å². The Balaban J connectivity index is 2.98. The van der Waals surface area contributed by atoms with Crippen LogP contribution in [-0.4, -0.2) is 23.0 Å². The first-order chi connectivity index (χ1) is 9.66. The van der Waals surface area contributed by atoms with E-state index in [-0.39, 0.29) is 6.42 Å². The molecule has 4 N–H and O–H groups in total. The van der Waals surface area contributed by atoms with Crippen LogP contribution < -0.4 is 11.1 Å². The Kier molecular flexibility index (Phi) is 5.19. The molecule has 0 aliphatic heterocycles. The van der Waals surface area contributed by atoms with Gasteiger partial charge in [0.05, 0.1) is 6.04 Å². The van der Waals surface area contributed by atoms with Gasteiger partial charge in [-0.2, -0.15) is 0 Å². The van der Waals surface area contributed by atoms with Gasteiger partial charge in [-0.1, -0.05) is 0 Å². The Morgan fingerprint density at radius 2 is 1.43 bits per heavy atom. The number of halogens is 5. The van der Waals surface area contributed by atoms with Crippen molar-refractivity contribution < 1.29 is 36.6 Å². The van der Waals surface area contributed by atoms with Gasteiger partial charge in [0.25, 0.3) is 0 Å². The summed E-state index contributed by atoms with van der Waals surface area (Å²) in [4.78, 5) is 21.7. The topological polar surface area (TPSA) is 92.4 Å². The average molecular weight is 312 g/mol. The van der Waals surface area contributed by atoms with Gasteiger partial charge in [0.2, 0.25) is 11.7 Å². The third kappa shape index (κ3) is 3.66. The maximum absolute atomic E-state index is 13.3. The summed E-state index contributed by atoms with van der Waals surface area (Å²) in [6.07, 6.45) is -0.887. The van der Waals surface area contributed by atoms with Gasteiger partial charge in [-0.25, -0.2) is 22.0 Å².